The van der Waals surface area contributed by atoms with Crippen LogP contribution in [0.3, 0.4) is 0 Å². The van der Waals surface area contributed by atoms with E-state index < -0.39 is 5.82 Å². The van der Waals surface area contributed by atoms with E-state index in [1.807, 2.05) is 6.92 Å². The zero-order valence-electron chi connectivity index (χ0n) is 10.8. The summed E-state index contributed by atoms with van der Waals surface area (Å²) in [5, 5.41) is 3.40. The number of nitrogens with one attached hydrogen (secondary N) is 1. The molecule has 1 aromatic rings. The van der Waals surface area contributed by atoms with Gasteiger partial charge in [-0.25, -0.2) is 4.39 Å². The van der Waals surface area contributed by atoms with Gasteiger partial charge in [-0.2, -0.15) is 0 Å². The van der Waals surface area contributed by atoms with Crippen LogP contribution in [0.25, 0.3) is 0 Å². The van der Waals surface area contributed by atoms with Crippen molar-refractivity contribution in [3.63, 3.8) is 0 Å². The van der Waals surface area contributed by atoms with Crippen molar-refractivity contribution in [2.75, 3.05) is 17.7 Å². The lowest BCUT2D eigenvalue weighted by molar-refractivity contribution is 0.322. The number of nitrogens with two attached hydrogens (primary N) is 1. The number of anilines is 2. The van der Waals surface area contributed by atoms with Crippen LogP contribution in [0.1, 0.15) is 39.0 Å². The highest BCUT2D eigenvalue weighted by atomic mass is 19.1. The fourth-order valence-corrected chi connectivity index (χ4v) is 2.43. The lowest BCUT2D eigenvalue weighted by Crippen LogP contribution is -2.22. The van der Waals surface area contributed by atoms with Gasteiger partial charge >= 0.3 is 0 Å². The second kappa shape index (κ2) is 5.94. The van der Waals surface area contributed by atoms with Gasteiger partial charge < -0.3 is 15.8 Å². The molecule has 0 amide bonds. The number of hydrogen-bond acceptors (Lipinski definition) is 3. The average molecular weight is 252 g/mol. The van der Waals surface area contributed by atoms with Crippen molar-refractivity contribution < 1.29 is 9.13 Å². The van der Waals surface area contributed by atoms with Gasteiger partial charge in [0.1, 0.15) is 0 Å². The fourth-order valence-electron chi connectivity index (χ4n) is 2.43. The van der Waals surface area contributed by atoms with E-state index in [2.05, 4.69) is 5.32 Å². The predicted molar refractivity (Wildman–Crippen MR) is 72.5 cm³/mol. The number of halogens is 1. The molecule has 4 heteroatoms. The Morgan fingerprint density at radius 2 is 2.06 bits per heavy atom. The van der Waals surface area contributed by atoms with Crippen LogP contribution < -0.4 is 15.8 Å². The minimum atomic E-state index is -0.399. The van der Waals surface area contributed by atoms with E-state index in [1.165, 1.54) is 25.3 Å². The predicted octanol–water partition coefficient (Wildman–Crippen LogP) is 3.55. The summed E-state index contributed by atoms with van der Waals surface area (Å²) in [5.74, 6) is -0.131. The summed E-state index contributed by atoms with van der Waals surface area (Å²) in [5.41, 5.74) is 7.08. The van der Waals surface area contributed by atoms with Crippen LogP contribution in [0.2, 0.25) is 0 Å². The number of hydrogen-bond donors (Lipinski definition) is 2. The second-order valence-corrected chi connectivity index (χ2v) is 4.78. The van der Waals surface area contributed by atoms with Gasteiger partial charge in [-0.15, -0.1) is 0 Å². The van der Waals surface area contributed by atoms with Gasteiger partial charge in [0.15, 0.2) is 11.6 Å². The lowest BCUT2D eigenvalue weighted by Gasteiger charge is -2.25. The Morgan fingerprint density at radius 3 is 2.72 bits per heavy atom. The van der Waals surface area contributed by atoms with Crippen LogP contribution in [-0.4, -0.2) is 12.6 Å². The molecule has 0 aliphatic heterocycles. The Morgan fingerprint density at radius 1 is 1.33 bits per heavy atom. The van der Waals surface area contributed by atoms with Crippen LogP contribution in [0.4, 0.5) is 15.8 Å². The molecule has 0 atom stereocenters. The third-order valence-electron chi connectivity index (χ3n) is 3.37. The summed E-state index contributed by atoms with van der Waals surface area (Å²) >= 11 is 0. The largest absolute Gasteiger partial charge is 0.491 e. The van der Waals surface area contributed by atoms with E-state index in [1.54, 1.807) is 6.07 Å². The van der Waals surface area contributed by atoms with Crippen molar-refractivity contribution >= 4 is 11.4 Å². The molecule has 0 unspecified atom stereocenters. The zero-order chi connectivity index (χ0) is 13.0. The number of nitrogen functional groups attached to an aromatic ring is 1. The second-order valence-electron chi connectivity index (χ2n) is 4.78. The SMILES string of the molecule is CCOc1cc(NC2CCCCC2)c(N)cc1F. The normalized spacial score (nSPS) is 16.6. The van der Waals surface area contributed by atoms with Crippen molar-refractivity contribution in [3.8, 4) is 5.75 Å². The summed E-state index contributed by atoms with van der Waals surface area (Å²) in [4.78, 5) is 0. The quantitative estimate of drug-likeness (QED) is 0.806. The van der Waals surface area contributed by atoms with Gasteiger partial charge in [-0.3, -0.25) is 0 Å². The van der Waals surface area contributed by atoms with E-state index in [0.717, 1.165) is 18.5 Å². The van der Waals surface area contributed by atoms with Crippen LogP contribution in [0, 0.1) is 5.82 Å². The summed E-state index contributed by atoms with van der Waals surface area (Å²) < 4.78 is 18.8. The smallest absolute Gasteiger partial charge is 0.167 e. The third-order valence-corrected chi connectivity index (χ3v) is 3.37. The fraction of sp³-hybridized carbons (Fsp3) is 0.571. The molecule has 1 aliphatic carbocycles. The number of ether oxygens (including phenoxy) is 1. The van der Waals surface area contributed by atoms with Crippen molar-refractivity contribution in [2.45, 2.75) is 45.1 Å². The first kappa shape index (κ1) is 13.0. The van der Waals surface area contributed by atoms with Crippen molar-refractivity contribution in [3.05, 3.63) is 17.9 Å². The van der Waals surface area contributed by atoms with Crippen LogP contribution in [0.15, 0.2) is 12.1 Å². The Balaban J connectivity index is 2.12. The molecule has 0 spiro atoms. The van der Waals surface area contributed by atoms with Gasteiger partial charge in [-0.1, -0.05) is 19.3 Å². The molecule has 0 aromatic heterocycles. The molecule has 0 saturated heterocycles. The van der Waals surface area contributed by atoms with Gasteiger partial charge in [0.25, 0.3) is 0 Å². The van der Waals surface area contributed by atoms with Gasteiger partial charge in [0.2, 0.25) is 0 Å². The molecule has 0 bridgehead atoms. The Kier molecular flexibility index (Phi) is 4.28. The first-order valence-corrected chi connectivity index (χ1v) is 6.69. The Hall–Kier alpha value is -1.45. The summed E-state index contributed by atoms with van der Waals surface area (Å²) in [6.45, 7) is 2.29. The summed E-state index contributed by atoms with van der Waals surface area (Å²) in [7, 11) is 0. The molecule has 1 aliphatic rings. The molecule has 1 aromatic carbocycles. The molecule has 100 valence electrons. The van der Waals surface area contributed by atoms with Gasteiger partial charge in [0, 0.05) is 18.2 Å². The molecule has 3 nitrogen and oxygen atoms in total. The third kappa shape index (κ3) is 3.06. The standard InChI is InChI=1S/C14H21FN2O/c1-2-18-14-9-13(12(16)8-11(14)15)17-10-6-4-3-5-7-10/h8-10,17H,2-7,16H2,1H3. The molecule has 0 heterocycles. The average Bonchev–Trinajstić information content (AvgIpc) is 2.37. The molecule has 3 N–H and O–H groups in total. The zero-order valence-corrected chi connectivity index (χ0v) is 10.8. The monoisotopic (exact) mass is 252 g/mol. The Labute approximate surface area is 108 Å². The summed E-state index contributed by atoms with van der Waals surface area (Å²) in [6.07, 6.45) is 6.11. The van der Waals surface area contributed by atoms with Gasteiger partial charge in [0.05, 0.1) is 18.0 Å². The number of benzene rings is 1. The van der Waals surface area contributed by atoms with E-state index in [9.17, 15) is 4.39 Å². The highest BCUT2D eigenvalue weighted by Crippen LogP contribution is 2.30. The molecule has 2 rings (SSSR count). The first-order valence-electron chi connectivity index (χ1n) is 6.69. The number of rotatable bonds is 4. The van der Waals surface area contributed by atoms with Crippen LogP contribution in [0.5, 0.6) is 5.75 Å². The highest BCUT2D eigenvalue weighted by molar-refractivity contribution is 5.69. The van der Waals surface area contributed by atoms with E-state index >= 15 is 0 Å². The van der Waals surface area contributed by atoms with Crippen molar-refractivity contribution in [2.24, 2.45) is 0 Å². The van der Waals surface area contributed by atoms with Crippen LogP contribution in [-0.2, 0) is 0 Å². The van der Waals surface area contributed by atoms with Crippen molar-refractivity contribution in [1.82, 2.24) is 0 Å². The molecule has 18 heavy (non-hydrogen) atoms. The molecule has 0 radical (unpaired) electrons. The molecular formula is C14H21FN2O. The van der Waals surface area contributed by atoms with Crippen LogP contribution >= 0.6 is 0 Å². The maximum absolute atomic E-state index is 13.6. The van der Waals surface area contributed by atoms with E-state index in [0.29, 0.717) is 18.3 Å². The highest BCUT2D eigenvalue weighted by Gasteiger charge is 2.16. The molecular weight excluding hydrogens is 231 g/mol. The topological polar surface area (TPSA) is 47.3 Å². The molecule has 1 fully saturated rings. The Bertz CT molecular complexity index is 403. The molecule has 1 saturated carbocycles. The van der Waals surface area contributed by atoms with E-state index in [4.69, 9.17) is 10.5 Å². The van der Waals surface area contributed by atoms with Gasteiger partial charge in [-0.05, 0) is 19.8 Å². The maximum Gasteiger partial charge on any atom is 0.167 e. The lowest BCUT2D eigenvalue weighted by atomic mass is 9.95. The minimum absolute atomic E-state index is 0.269. The minimum Gasteiger partial charge on any atom is -0.491 e. The summed E-state index contributed by atoms with van der Waals surface area (Å²) in [6, 6.07) is 3.44. The maximum atomic E-state index is 13.6. The van der Waals surface area contributed by atoms with Crippen molar-refractivity contribution in [1.29, 1.82) is 0 Å². The van der Waals surface area contributed by atoms with E-state index in [-0.39, 0.29) is 5.75 Å². The first-order chi connectivity index (χ1) is 8.70.